The molecule has 0 bridgehead atoms. The molecule has 2 rings (SSSR count). The van der Waals surface area contributed by atoms with Crippen LogP contribution in [0.15, 0.2) is 48.5 Å². The summed E-state index contributed by atoms with van der Waals surface area (Å²) in [6, 6.07) is 3.91. The van der Waals surface area contributed by atoms with Crippen molar-refractivity contribution in [2.45, 2.75) is 6.54 Å². The Morgan fingerprint density at radius 2 is 2.47 bits per heavy atom. The van der Waals surface area contributed by atoms with E-state index in [1.807, 2.05) is 35.5 Å². The zero-order valence-corrected chi connectivity index (χ0v) is 9.67. The maximum Gasteiger partial charge on any atom is 0.339 e. The number of ether oxygens (including phenoxy) is 1. The Labute approximate surface area is 100 Å². The number of methoxy groups -OCH3 is 1. The van der Waals surface area contributed by atoms with Crippen LogP contribution in [0.2, 0.25) is 0 Å². The van der Waals surface area contributed by atoms with Gasteiger partial charge in [-0.25, -0.2) is 4.79 Å². The zero-order chi connectivity index (χ0) is 12.1. The van der Waals surface area contributed by atoms with E-state index in [-0.39, 0.29) is 5.97 Å². The van der Waals surface area contributed by atoms with Crippen molar-refractivity contribution in [3.8, 4) is 0 Å². The van der Waals surface area contributed by atoms with Gasteiger partial charge >= 0.3 is 5.97 Å². The molecule has 1 aliphatic heterocycles. The summed E-state index contributed by atoms with van der Waals surface area (Å²) in [5.74, 6) is -0.308. The first-order valence-electron chi connectivity index (χ1n) is 5.39. The summed E-state index contributed by atoms with van der Waals surface area (Å²) in [7, 11) is 1.39. The van der Waals surface area contributed by atoms with E-state index in [2.05, 4.69) is 4.98 Å². The predicted molar refractivity (Wildman–Crippen MR) is 63.9 cm³/mol. The lowest BCUT2D eigenvalue weighted by Crippen LogP contribution is -2.22. The Bertz CT molecular complexity index is 452. The minimum Gasteiger partial charge on any atom is -0.465 e. The van der Waals surface area contributed by atoms with Crippen LogP contribution in [-0.4, -0.2) is 29.5 Å². The molecule has 0 fully saturated rings. The van der Waals surface area contributed by atoms with Gasteiger partial charge in [0, 0.05) is 31.7 Å². The van der Waals surface area contributed by atoms with Gasteiger partial charge in [0.25, 0.3) is 0 Å². The highest BCUT2D eigenvalue weighted by atomic mass is 16.5. The van der Waals surface area contributed by atoms with Gasteiger partial charge in [-0.1, -0.05) is 12.1 Å². The summed E-state index contributed by atoms with van der Waals surface area (Å²) < 4.78 is 4.69. The maximum absolute atomic E-state index is 11.4. The van der Waals surface area contributed by atoms with E-state index >= 15 is 0 Å². The Morgan fingerprint density at radius 1 is 1.59 bits per heavy atom. The molecule has 0 atom stereocenters. The normalized spacial score (nSPS) is 14.4. The Hall–Kier alpha value is -2.10. The molecule has 0 radical (unpaired) electrons. The van der Waals surface area contributed by atoms with Gasteiger partial charge < -0.3 is 9.64 Å². The summed E-state index contributed by atoms with van der Waals surface area (Å²) in [6.45, 7) is 1.52. The molecule has 0 N–H and O–H groups in total. The molecule has 0 amide bonds. The van der Waals surface area contributed by atoms with Crippen LogP contribution in [0.5, 0.6) is 0 Å². The SMILES string of the molecule is COC(=O)C1=CN(Cc2cccnc2)CC=C1. The van der Waals surface area contributed by atoms with Gasteiger partial charge in [0.1, 0.15) is 0 Å². The third-order valence-electron chi connectivity index (χ3n) is 2.49. The highest BCUT2D eigenvalue weighted by Crippen LogP contribution is 2.12. The molecule has 0 aromatic carbocycles. The molecule has 0 unspecified atom stereocenters. The number of nitrogens with zero attached hydrogens (tertiary/aromatic N) is 2. The fourth-order valence-corrected chi connectivity index (χ4v) is 1.68. The standard InChI is InChI=1S/C13H14N2O2/c1-17-13(16)12-5-3-7-15(10-12)9-11-4-2-6-14-8-11/h2-6,8,10H,7,9H2,1H3. The summed E-state index contributed by atoms with van der Waals surface area (Å²) >= 11 is 0. The van der Waals surface area contributed by atoms with Crippen molar-refractivity contribution in [1.82, 2.24) is 9.88 Å². The van der Waals surface area contributed by atoms with Crippen LogP contribution < -0.4 is 0 Å². The van der Waals surface area contributed by atoms with Gasteiger partial charge in [0.15, 0.2) is 0 Å². The second-order valence-corrected chi connectivity index (χ2v) is 3.77. The second kappa shape index (κ2) is 5.30. The quantitative estimate of drug-likeness (QED) is 0.738. The first-order chi connectivity index (χ1) is 8.29. The van der Waals surface area contributed by atoms with Crippen molar-refractivity contribution in [2.24, 2.45) is 0 Å². The van der Waals surface area contributed by atoms with Crippen molar-refractivity contribution in [3.63, 3.8) is 0 Å². The molecule has 0 saturated heterocycles. The van der Waals surface area contributed by atoms with E-state index in [0.29, 0.717) is 5.57 Å². The van der Waals surface area contributed by atoms with E-state index in [4.69, 9.17) is 4.74 Å². The molecule has 0 aliphatic carbocycles. The first kappa shape index (κ1) is 11.4. The van der Waals surface area contributed by atoms with Crippen LogP contribution in [-0.2, 0) is 16.1 Å². The van der Waals surface area contributed by atoms with Gasteiger partial charge in [-0.3, -0.25) is 4.98 Å². The number of esters is 1. The number of pyridine rings is 1. The lowest BCUT2D eigenvalue weighted by Gasteiger charge is -2.22. The fraction of sp³-hybridized carbons (Fsp3) is 0.231. The summed E-state index contributed by atoms with van der Waals surface area (Å²) in [5, 5.41) is 0. The smallest absolute Gasteiger partial charge is 0.339 e. The number of aromatic nitrogens is 1. The van der Waals surface area contributed by atoms with Crippen LogP contribution in [0.4, 0.5) is 0 Å². The number of carbonyl (C=O) groups excluding carboxylic acids is 1. The molecular formula is C13H14N2O2. The van der Waals surface area contributed by atoms with E-state index < -0.39 is 0 Å². The zero-order valence-electron chi connectivity index (χ0n) is 9.67. The molecular weight excluding hydrogens is 216 g/mol. The average Bonchev–Trinajstić information content (AvgIpc) is 2.39. The van der Waals surface area contributed by atoms with Crippen molar-refractivity contribution in [3.05, 3.63) is 54.0 Å². The molecule has 0 saturated carbocycles. The number of hydrogen-bond donors (Lipinski definition) is 0. The second-order valence-electron chi connectivity index (χ2n) is 3.77. The molecule has 1 aromatic heterocycles. The molecule has 1 aliphatic rings. The first-order valence-corrected chi connectivity index (χ1v) is 5.39. The summed E-state index contributed by atoms with van der Waals surface area (Å²) in [5.41, 5.74) is 1.69. The lowest BCUT2D eigenvalue weighted by molar-refractivity contribution is -0.135. The van der Waals surface area contributed by atoms with E-state index in [9.17, 15) is 4.79 Å². The minimum atomic E-state index is -0.308. The van der Waals surface area contributed by atoms with Crippen LogP contribution >= 0.6 is 0 Å². The minimum absolute atomic E-state index is 0.308. The topological polar surface area (TPSA) is 42.4 Å². The average molecular weight is 230 g/mol. The lowest BCUT2D eigenvalue weighted by atomic mass is 10.2. The fourth-order valence-electron chi connectivity index (χ4n) is 1.68. The summed E-state index contributed by atoms with van der Waals surface area (Å²) in [4.78, 5) is 17.5. The highest BCUT2D eigenvalue weighted by Gasteiger charge is 2.12. The molecule has 17 heavy (non-hydrogen) atoms. The van der Waals surface area contributed by atoms with Crippen molar-refractivity contribution in [1.29, 1.82) is 0 Å². The molecule has 0 spiro atoms. The van der Waals surface area contributed by atoms with E-state index in [1.165, 1.54) is 7.11 Å². The van der Waals surface area contributed by atoms with Gasteiger partial charge in [-0.05, 0) is 17.7 Å². The molecule has 2 heterocycles. The van der Waals surface area contributed by atoms with Crippen molar-refractivity contribution >= 4 is 5.97 Å². The van der Waals surface area contributed by atoms with Crippen LogP contribution in [0.3, 0.4) is 0 Å². The van der Waals surface area contributed by atoms with Crippen molar-refractivity contribution < 1.29 is 9.53 Å². The molecule has 1 aromatic rings. The molecule has 88 valence electrons. The Morgan fingerprint density at radius 3 is 3.18 bits per heavy atom. The van der Waals surface area contributed by atoms with E-state index in [1.54, 1.807) is 12.3 Å². The monoisotopic (exact) mass is 230 g/mol. The van der Waals surface area contributed by atoms with Crippen LogP contribution in [0.25, 0.3) is 0 Å². The van der Waals surface area contributed by atoms with E-state index in [0.717, 1.165) is 18.7 Å². The number of rotatable bonds is 3. The maximum atomic E-state index is 11.4. The van der Waals surface area contributed by atoms with Gasteiger partial charge in [-0.15, -0.1) is 0 Å². The Kier molecular flexibility index (Phi) is 3.55. The largest absolute Gasteiger partial charge is 0.465 e. The number of hydrogen-bond acceptors (Lipinski definition) is 4. The predicted octanol–water partition coefficient (Wildman–Crippen LogP) is 1.51. The third-order valence-corrected chi connectivity index (χ3v) is 2.49. The van der Waals surface area contributed by atoms with Gasteiger partial charge in [-0.2, -0.15) is 0 Å². The molecule has 4 heteroatoms. The van der Waals surface area contributed by atoms with Gasteiger partial charge in [0.05, 0.1) is 12.7 Å². The van der Waals surface area contributed by atoms with Gasteiger partial charge in [0.2, 0.25) is 0 Å². The number of carbonyl (C=O) groups is 1. The van der Waals surface area contributed by atoms with Crippen LogP contribution in [0.1, 0.15) is 5.56 Å². The summed E-state index contributed by atoms with van der Waals surface area (Å²) in [6.07, 6.45) is 9.12. The van der Waals surface area contributed by atoms with Crippen molar-refractivity contribution in [2.75, 3.05) is 13.7 Å². The highest BCUT2D eigenvalue weighted by molar-refractivity contribution is 5.91. The van der Waals surface area contributed by atoms with Crippen LogP contribution in [0, 0.1) is 0 Å². The third kappa shape index (κ3) is 2.93. The molecule has 4 nitrogen and oxygen atoms in total. The Balaban J connectivity index is 2.06.